The first kappa shape index (κ1) is 16.6. The molecule has 0 heterocycles. The van der Waals surface area contributed by atoms with E-state index in [1.54, 1.807) is 20.8 Å². The number of aliphatic hydroxyl groups excluding tert-OH is 1. The van der Waals surface area contributed by atoms with Gasteiger partial charge in [0.25, 0.3) is 0 Å². The Hall–Kier alpha value is -1.49. The third-order valence-corrected chi connectivity index (χ3v) is 4.28. The van der Waals surface area contributed by atoms with Crippen LogP contribution >= 0.6 is 0 Å². The molecule has 1 fully saturated rings. The summed E-state index contributed by atoms with van der Waals surface area (Å²) in [5.41, 5.74) is -0.803. The summed E-state index contributed by atoms with van der Waals surface area (Å²) in [5, 5.41) is 17.9. The topological polar surface area (TPSA) is 56.1 Å². The largest absolute Gasteiger partial charge is 0.400 e. The number of anilines is 1. The number of alkyl halides is 2. The molecule has 1 saturated carbocycles. The molecule has 0 spiro atoms. The van der Waals surface area contributed by atoms with Gasteiger partial charge in [0.1, 0.15) is 0 Å². The van der Waals surface area contributed by atoms with Crippen LogP contribution in [0.25, 0.3) is 0 Å². The fourth-order valence-corrected chi connectivity index (χ4v) is 3.09. The van der Waals surface area contributed by atoms with Crippen molar-refractivity contribution in [3.05, 3.63) is 30.3 Å². The van der Waals surface area contributed by atoms with E-state index < -0.39 is 23.3 Å². The predicted octanol–water partition coefficient (Wildman–Crippen LogP) is 3.41. The molecule has 2 unspecified atom stereocenters. The van der Waals surface area contributed by atoms with Crippen LogP contribution in [0, 0.1) is 16.7 Å². The molecule has 0 aliphatic heterocycles. The van der Waals surface area contributed by atoms with Crippen LogP contribution in [0.1, 0.15) is 20.8 Å². The highest BCUT2D eigenvalue weighted by atomic mass is 19.3. The van der Waals surface area contributed by atoms with Gasteiger partial charge in [-0.1, -0.05) is 25.1 Å². The lowest BCUT2D eigenvalue weighted by Gasteiger charge is -2.20. The molecule has 1 aliphatic rings. The Labute approximate surface area is 118 Å². The number of benzene rings is 1. The molecule has 3 N–H and O–H groups in total. The lowest BCUT2D eigenvalue weighted by molar-refractivity contribution is 0.0587. The van der Waals surface area contributed by atoms with Crippen molar-refractivity contribution in [3.63, 3.8) is 0 Å². The normalized spacial score (nSPS) is 31.3. The second-order valence-corrected chi connectivity index (χ2v) is 5.39. The molecule has 2 rings (SSSR count). The van der Waals surface area contributed by atoms with Crippen molar-refractivity contribution in [1.29, 1.82) is 5.41 Å². The molecule has 20 heavy (non-hydrogen) atoms. The van der Waals surface area contributed by atoms with E-state index in [9.17, 15) is 8.78 Å². The minimum absolute atomic E-state index is 0.309. The van der Waals surface area contributed by atoms with Crippen LogP contribution in [0.3, 0.4) is 0 Å². The zero-order chi connectivity index (χ0) is 15.6. The number of para-hydroxylation sites is 1. The van der Waals surface area contributed by atoms with Crippen molar-refractivity contribution in [2.24, 2.45) is 11.3 Å². The van der Waals surface area contributed by atoms with Gasteiger partial charge in [0, 0.05) is 24.4 Å². The van der Waals surface area contributed by atoms with Crippen LogP contribution in [0.5, 0.6) is 0 Å². The van der Waals surface area contributed by atoms with Gasteiger partial charge in [0.05, 0.1) is 11.0 Å². The van der Waals surface area contributed by atoms with E-state index in [4.69, 9.17) is 10.5 Å². The van der Waals surface area contributed by atoms with Gasteiger partial charge >= 0.3 is 0 Å². The monoisotopic (exact) mass is 284 g/mol. The molecule has 5 heteroatoms. The minimum atomic E-state index is -2.44. The Morgan fingerprint density at radius 1 is 1.25 bits per heavy atom. The molecule has 0 bridgehead atoms. The Morgan fingerprint density at radius 3 is 2.10 bits per heavy atom. The summed E-state index contributed by atoms with van der Waals surface area (Å²) in [5.74, 6) is -0.426. The zero-order valence-corrected chi connectivity index (χ0v) is 12.2. The number of hydrogen-bond acceptors (Lipinski definition) is 3. The first-order valence-electron chi connectivity index (χ1n) is 6.45. The number of nitrogens with one attached hydrogen (secondary N) is 2. The quantitative estimate of drug-likeness (QED) is 0.742. The molecular formula is C15H22F2N2O. The van der Waals surface area contributed by atoms with E-state index >= 15 is 0 Å². The second-order valence-electron chi connectivity index (χ2n) is 5.39. The van der Waals surface area contributed by atoms with Gasteiger partial charge in [-0.05, 0) is 26.0 Å². The van der Waals surface area contributed by atoms with Gasteiger partial charge in [0.2, 0.25) is 6.43 Å². The SMILES string of the molecule is CC(=N)C1C(C)(C(F)F)[C@@]1(C)Nc1ccccc1.CO. The molecule has 1 aromatic rings. The zero-order valence-electron chi connectivity index (χ0n) is 12.2. The van der Waals surface area contributed by atoms with Gasteiger partial charge in [-0.15, -0.1) is 0 Å². The molecule has 0 radical (unpaired) electrons. The Bertz CT molecular complexity index is 466. The standard InChI is InChI=1S/C14H18F2N2.CH4O/c1-9(17)11-13(2,12(15)16)14(11,3)18-10-7-5-4-6-8-10;1-2/h4-8,11-12,17-18H,1-3H3;2H,1H3/t11?,13?,14-;/m0./s1. The number of hydrogen-bond donors (Lipinski definition) is 3. The van der Waals surface area contributed by atoms with Gasteiger partial charge in [-0.3, -0.25) is 0 Å². The highest BCUT2D eigenvalue weighted by molar-refractivity contribution is 5.89. The van der Waals surface area contributed by atoms with E-state index in [1.165, 1.54) is 0 Å². The summed E-state index contributed by atoms with van der Waals surface area (Å²) in [6.45, 7) is 4.92. The van der Waals surface area contributed by atoms with Crippen LogP contribution in [0.4, 0.5) is 14.5 Å². The average molecular weight is 284 g/mol. The smallest absolute Gasteiger partial charge is 0.246 e. The van der Waals surface area contributed by atoms with E-state index in [0.717, 1.165) is 12.8 Å². The predicted molar refractivity (Wildman–Crippen MR) is 77.6 cm³/mol. The molecule has 3 nitrogen and oxygen atoms in total. The average Bonchev–Trinajstić information content (AvgIpc) is 2.91. The van der Waals surface area contributed by atoms with E-state index in [0.29, 0.717) is 5.71 Å². The molecule has 0 aromatic heterocycles. The molecule has 1 aliphatic carbocycles. The maximum atomic E-state index is 13.3. The summed E-state index contributed by atoms with van der Waals surface area (Å²) in [6, 6.07) is 9.31. The van der Waals surface area contributed by atoms with Gasteiger partial charge in [-0.2, -0.15) is 0 Å². The van der Waals surface area contributed by atoms with Crippen molar-refractivity contribution in [3.8, 4) is 0 Å². The van der Waals surface area contributed by atoms with Crippen LogP contribution in [-0.2, 0) is 0 Å². The van der Waals surface area contributed by atoms with Crippen LogP contribution in [0.2, 0.25) is 0 Å². The first-order chi connectivity index (χ1) is 9.34. The van der Waals surface area contributed by atoms with E-state index in [2.05, 4.69) is 5.32 Å². The molecule has 1 aromatic carbocycles. The third kappa shape index (κ3) is 2.42. The van der Waals surface area contributed by atoms with Crippen molar-refractivity contribution in [2.75, 3.05) is 12.4 Å². The Balaban J connectivity index is 0.000000956. The van der Waals surface area contributed by atoms with Gasteiger partial charge < -0.3 is 15.8 Å². The highest BCUT2D eigenvalue weighted by Crippen LogP contribution is 2.66. The van der Waals surface area contributed by atoms with Crippen molar-refractivity contribution < 1.29 is 13.9 Å². The lowest BCUT2D eigenvalue weighted by atomic mass is 10.0. The maximum Gasteiger partial charge on any atom is 0.246 e. The fourth-order valence-electron chi connectivity index (χ4n) is 3.09. The third-order valence-electron chi connectivity index (χ3n) is 4.28. The van der Waals surface area contributed by atoms with Crippen LogP contribution in [-0.4, -0.2) is 29.9 Å². The van der Waals surface area contributed by atoms with Crippen molar-refractivity contribution in [1.82, 2.24) is 0 Å². The van der Waals surface area contributed by atoms with Gasteiger partial charge in [-0.25, -0.2) is 8.78 Å². The summed E-state index contributed by atoms with van der Waals surface area (Å²) in [4.78, 5) is 0. The number of rotatable bonds is 4. The van der Waals surface area contributed by atoms with Gasteiger partial charge in [0.15, 0.2) is 0 Å². The van der Waals surface area contributed by atoms with E-state index in [1.807, 2.05) is 30.3 Å². The molecule has 3 atom stereocenters. The summed E-state index contributed by atoms with van der Waals surface area (Å²) >= 11 is 0. The molecule has 0 amide bonds. The Kier molecular flexibility index (Phi) is 4.86. The molecule has 112 valence electrons. The second kappa shape index (κ2) is 5.87. The minimum Gasteiger partial charge on any atom is -0.400 e. The van der Waals surface area contributed by atoms with Crippen molar-refractivity contribution >= 4 is 11.4 Å². The van der Waals surface area contributed by atoms with Crippen molar-refractivity contribution in [2.45, 2.75) is 32.7 Å². The number of aliphatic hydroxyl groups is 1. The highest BCUT2D eigenvalue weighted by Gasteiger charge is 2.76. The van der Waals surface area contributed by atoms with Crippen LogP contribution < -0.4 is 5.32 Å². The first-order valence-corrected chi connectivity index (χ1v) is 6.45. The van der Waals surface area contributed by atoms with E-state index in [-0.39, 0.29) is 0 Å². The molecule has 0 saturated heterocycles. The molecular weight excluding hydrogens is 262 g/mol. The Morgan fingerprint density at radius 2 is 1.75 bits per heavy atom. The van der Waals surface area contributed by atoms with Crippen LogP contribution in [0.15, 0.2) is 30.3 Å². The summed E-state index contributed by atoms with van der Waals surface area (Å²) in [6.07, 6.45) is -2.44. The summed E-state index contributed by atoms with van der Waals surface area (Å²) in [7, 11) is 1.00. The lowest BCUT2D eigenvalue weighted by Crippen LogP contribution is -2.29. The number of halogens is 2. The summed E-state index contributed by atoms with van der Waals surface area (Å²) < 4.78 is 26.6. The fraction of sp³-hybridized carbons (Fsp3) is 0.533. The maximum absolute atomic E-state index is 13.3.